The Morgan fingerprint density at radius 2 is 1.92 bits per heavy atom. The molecule has 2 atom stereocenters. The van der Waals surface area contributed by atoms with Gasteiger partial charge in [-0.05, 0) is 25.3 Å². The number of nitrogens with zero attached hydrogens (tertiary/aromatic N) is 3. The van der Waals surface area contributed by atoms with Crippen LogP contribution in [0.2, 0.25) is 0 Å². The van der Waals surface area contributed by atoms with Crippen molar-refractivity contribution in [3.05, 3.63) is 0 Å². The minimum Gasteiger partial charge on any atom is -0.384 e. The summed E-state index contributed by atoms with van der Waals surface area (Å²) in [5, 5.41) is 3.33. The van der Waals surface area contributed by atoms with Crippen molar-refractivity contribution < 1.29 is 17.9 Å². The number of methoxy groups -OCH3 is 1. The zero-order valence-corrected chi connectivity index (χ0v) is 16.6. The molecule has 0 amide bonds. The average molecular weight is 464 g/mol. The summed E-state index contributed by atoms with van der Waals surface area (Å²) >= 11 is 0. The summed E-state index contributed by atoms with van der Waals surface area (Å²) in [7, 11) is 3.46. The Balaban J connectivity index is 0.00000288. The first kappa shape index (κ1) is 21.8. The fourth-order valence-corrected chi connectivity index (χ4v) is 3.44. The van der Waals surface area contributed by atoms with Crippen LogP contribution in [-0.4, -0.2) is 82.0 Å². The van der Waals surface area contributed by atoms with E-state index in [1.165, 1.54) is 4.90 Å². The predicted molar refractivity (Wildman–Crippen MR) is 98.9 cm³/mol. The molecule has 0 spiro atoms. The van der Waals surface area contributed by atoms with Crippen LogP contribution in [0, 0.1) is 11.8 Å². The summed E-state index contributed by atoms with van der Waals surface area (Å²) in [6, 6.07) is 0. The number of aliphatic imine (C=N–C) groups is 1. The van der Waals surface area contributed by atoms with Gasteiger partial charge in [-0.2, -0.15) is 13.2 Å². The largest absolute Gasteiger partial charge is 0.401 e. The molecular weight excluding hydrogens is 436 g/mol. The number of hydrogen-bond donors (Lipinski definition) is 1. The number of guanidine groups is 1. The number of nitrogens with one attached hydrogen (secondary N) is 1. The topological polar surface area (TPSA) is 40.1 Å². The standard InChI is InChI=1S/C15H27F3N4O.HI/c1-19-14(22-6-4-13(9-22)10-23-2)20-7-12-3-5-21(8-12)11-15(16,17)18;/h12-13H,3-11H2,1-2H3,(H,19,20);1H. The first-order chi connectivity index (χ1) is 10.9. The first-order valence-corrected chi connectivity index (χ1v) is 8.15. The van der Waals surface area contributed by atoms with Gasteiger partial charge in [-0.25, -0.2) is 0 Å². The van der Waals surface area contributed by atoms with Crippen LogP contribution in [0.4, 0.5) is 13.2 Å². The number of hydrogen-bond acceptors (Lipinski definition) is 3. The van der Waals surface area contributed by atoms with Crippen LogP contribution >= 0.6 is 24.0 Å². The molecule has 0 radical (unpaired) electrons. The third-order valence-electron chi connectivity index (χ3n) is 4.52. The Labute approximate surface area is 159 Å². The number of alkyl halides is 3. The minimum absolute atomic E-state index is 0. The van der Waals surface area contributed by atoms with E-state index in [0.29, 0.717) is 25.6 Å². The maximum absolute atomic E-state index is 12.4. The summed E-state index contributed by atoms with van der Waals surface area (Å²) in [5.74, 6) is 1.61. The molecule has 5 nitrogen and oxygen atoms in total. The van der Waals surface area contributed by atoms with Gasteiger partial charge >= 0.3 is 6.18 Å². The third-order valence-corrected chi connectivity index (χ3v) is 4.52. The molecule has 0 saturated carbocycles. The summed E-state index contributed by atoms with van der Waals surface area (Å²) in [5.41, 5.74) is 0. The van der Waals surface area contributed by atoms with Gasteiger partial charge in [0.2, 0.25) is 0 Å². The van der Waals surface area contributed by atoms with Gasteiger partial charge in [-0.15, -0.1) is 24.0 Å². The number of halogens is 4. The maximum atomic E-state index is 12.4. The summed E-state index contributed by atoms with van der Waals surface area (Å²) < 4.78 is 42.4. The normalized spacial score (nSPS) is 25.9. The molecule has 0 aliphatic carbocycles. The molecule has 1 N–H and O–H groups in total. The summed E-state index contributed by atoms with van der Waals surface area (Å²) in [4.78, 5) is 7.99. The van der Waals surface area contributed by atoms with Crippen molar-refractivity contribution in [2.24, 2.45) is 16.8 Å². The van der Waals surface area contributed by atoms with Crippen LogP contribution in [0.25, 0.3) is 0 Å². The molecule has 2 fully saturated rings. The van der Waals surface area contributed by atoms with Crippen LogP contribution in [0.1, 0.15) is 12.8 Å². The quantitative estimate of drug-likeness (QED) is 0.384. The van der Waals surface area contributed by atoms with E-state index in [1.807, 2.05) is 0 Å². The lowest BCUT2D eigenvalue weighted by Gasteiger charge is -2.23. The van der Waals surface area contributed by atoms with Crippen molar-refractivity contribution in [3.8, 4) is 0 Å². The van der Waals surface area contributed by atoms with Crippen LogP contribution < -0.4 is 5.32 Å². The summed E-state index contributed by atoms with van der Waals surface area (Å²) in [6.45, 7) is 3.49. The fraction of sp³-hybridized carbons (Fsp3) is 0.933. The van der Waals surface area contributed by atoms with Gasteiger partial charge in [0.25, 0.3) is 0 Å². The number of likely N-dealkylation sites (tertiary alicyclic amines) is 2. The Hall–Kier alpha value is -0.290. The molecule has 2 heterocycles. The Morgan fingerprint density at radius 3 is 2.54 bits per heavy atom. The molecule has 2 aliphatic heterocycles. The highest BCUT2D eigenvalue weighted by atomic mass is 127. The lowest BCUT2D eigenvalue weighted by Crippen LogP contribution is -2.42. The van der Waals surface area contributed by atoms with Gasteiger partial charge in [-0.1, -0.05) is 0 Å². The zero-order chi connectivity index (χ0) is 16.9. The monoisotopic (exact) mass is 464 g/mol. The van der Waals surface area contributed by atoms with E-state index in [0.717, 1.165) is 38.5 Å². The molecule has 0 aromatic heterocycles. The fourth-order valence-electron chi connectivity index (χ4n) is 3.44. The molecule has 24 heavy (non-hydrogen) atoms. The van der Waals surface area contributed by atoms with Gasteiger partial charge in [-0.3, -0.25) is 9.89 Å². The molecule has 0 aromatic rings. The SMILES string of the molecule is CN=C(NCC1CCN(CC(F)(F)F)C1)N1CCC(COC)C1.I. The lowest BCUT2D eigenvalue weighted by molar-refractivity contribution is -0.143. The van der Waals surface area contributed by atoms with Crippen molar-refractivity contribution in [1.82, 2.24) is 15.1 Å². The van der Waals surface area contributed by atoms with E-state index in [2.05, 4.69) is 15.2 Å². The van der Waals surface area contributed by atoms with E-state index < -0.39 is 12.7 Å². The molecule has 0 bridgehead atoms. The van der Waals surface area contributed by atoms with Gasteiger partial charge in [0.05, 0.1) is 13.2 Å². The molecule has 2 saturated heterocycles. The van der Waals surface area contributed by atoms with E-state index in [4.69, 9.17) is 4.74 Å². The highest BCUT2D eigenvalue weighted by molar-refractivity contribution is 14.0. The van der Waals surface area contributed by atoms with E-state index in [1.54, 1.807) is 14.2 Å². The molecule has 2 rings (SSSR count). The highest BCUT2D eigenvalue weighted by Crippen LogP contribution is 2.22. The van der Waals surface area contributed by atoms with E-state index in [-0.39, 0.29) is 29.9 Å². The lowest BCUT2D eigenvalue weighted by atomic mass is 10.1. The van der Waals surface area contributed by atoms with Crippen molar-refractivity contribution in [2.45, 2.75) is 19.0 Å². The molecule has 9 heteroatoms. The second-order valence-corrected chi connectivity index (χ2v) is 6.49. The van der Waals surface area contributed by atoms with Crippen LogP contribution in [-0.2, 0) is 4.74 Å². The van der Waals surface area contributed by atoms with Gasteiger partial charge < -0.3 is 15.0 Å². The van der Waals surface area contributed by atoms with Crippen LogP contribution in [0.15, 0.2) is 4.99 Å². The third kappa shape index (κ3) is 6.91. The molecule has 142 valence electrons. The molecule has 2 unspecified atom stereocenters. The Bertz CT molecular complexity index is 409. The van der Waals surface area contributed by atoms with Crippen molar-refractivity contribution in [2.75, 3.05) is 60.0 Å². The van der Waals surface area contributed by atoms with E-state index >= 15 is 0 Å². The average Bonchev–Trinajstić information content (AvgIpc) is 3.08. The second kappa shape index (κ2) is 10.0. The number of ether oxygens (including phenoxy) is 1. The predicted octanol–water partition coefficient (Wildman–Crippen LogP) is 2.03. The highest BCUT2D eigenvalue weighted by Gasteiger charge is 2.34. The molecule has 2 aliphatic rings. The van der Waals surface area contributed by atoms with Gasteiger partial charge in [0.15, 0.2) is 5.96 Å². The minimum atomic E-state index is -4.11. The second-order valence-electron chi connectivity index (χ2n) is 6.49. The molecular formula is C15H28F3IN4O. The van der Waals surface area contributed by atoms with E-state index in [9.17, 15) is 13.2 Å². The number of rotatable bonds is 5. The molecule has 0 aromatic carbocycles. The Kier molecular flexibility index (Phi) is 9.07. The van der Waals surface area contributed by atoms with Crippen LogP contribution in [0.5, 0.6) is 0 Å². The Morgan fingerprint density at radius 1 is 1.21 bits per heavy atom. The van der Waals surface area contributed by atoms with Gasteiger partial charge in [0.1, 0.15) is 0 Å². The van der Waals surface area contributed by atoms with Gasteiger partial charge in [0, 0.05) is 46.3 Å². The zero-order valence-electron chi connectivity index (χ0n) is 14.3. The van der Waals surface area contributed by atoms with Crippen LogP contribution in [0.3, 0.4) is 0 Å². The maximum Gasteiger partial charge on any atom is 0.401 e. The smallest absolute Gasteiger partial charge is 0.384 e. The van der Waals surface area contributed by atoms with Crippen molar-refractivity contribution in [1.29, 1.82) is 0 Å². The van der Waals surface area contributed by atoms with Crippen molar-refractivity contribution >= 4 is 29.9 Å². The first-order valence-electron chi connectivity index (χ1n) is 8.15. The van der Waals surface area contributed by atoms with Crippen molar-refractivity contribution in [3.63, 3.8) is 0 Å². The summed E-state index contributed by atoms with van der Waals surface area (Å²) in [6.07, 6.45) is -2.23.